The number of aryl methyl sites for hydroxylation is 1. The predicted molar refractivity (Wildman–Crippen MR) is 143 cm³/mol. The molecule has 0 bridgehead atoms. The molecule has 0 aliphatic heterocycles. The van der Waals surface area contributed by atoms with E-state index in [4.69, 9.17) is 23.2 Å². The number of amides is 1. The van der Waals surface area contributed by atoms with E-state index in [1.807, 2.05) is 36.4 Å². The van der Waals surface area contributed by atoms with Crippen LogP contribution in [-0.4, -0.2) is 40.2 Å². The maximum Gasteiger partial charge on any atom is 0.254 e. The molecule has 0 fully saturated rings. The van der Waals surface area contributed by atoms with Crippen molar-refractivity contribution in [3.05, 3.63) is 111 Å². The predicted octanol–water partition coefficient (Wildman–Crippen LogP) is 3.63. The molecule has 38 heavy (non-hydrogen) atoms. The number of nitrogens with zero attached hydrogens (tertiary/aromatic N) is 7. The minimum absolute atomic E-state index is 0.217. The molecule has 3 heterocycles. The number of halogens is 2. The van der Waals surface area contributed by atoms with Crippen molar-refractivity contribution in [2.75, 3.05) is 0 Å². The van der Waals surface area contributed by atoms with Crippen molar-refractivity contribution in [3.63, 3.8) is 0 Å². The van der Waals surface area contributed by atoms with Crippen LogP contribution in [0, 0.1) is 0 Å². The lowest BCUT2D eigenvalue weighted by Gasteiger charge is -2.19. The summed E-state index contributed by atoms with van der Waals surface area (Å²) in [5.41, 5.74) is 2.73. The molecule has 0 saturated carbocycles. The number of hydrogen-bond acceptors (Lipinski definition) is 6. The number of rotatable bonds is 8. The van der Waals surface area contributed by atoms with Crippen LogP contribution >= 0.6 is 23.2 Å². The largest absolute Gasteiger partial charge is 0.349 e. The summed E-state index contributed by atoms with van der Waals surface area (Å²) in [5, 5.41) is 15.7. The summed E-state index contributed by atoms with van der Waals surface area (Å²) in [6, 6.07) is 17.0. The molecular weight excluding hydrogens is 527 g/mol. The van der Waals surface area contributed by atoms with Crippen LogP contribution in [0.5, 0.6) is 0 Å². The molecule has 5 rings (SSSR count). The summed E-state index contributed by atoms with van der Waals surface area (Å²) < 4.78 is 4.47. The van der Waals surface area contributed by atoms with E-state index in [2.05, 4.69) is 25.7 Å². The Morgan fingerprint density at radius 2 is 1.89 bits per heavy atom. The Hall–Kier alpha value is -4.28. The van der Waals surface area contributed by atoms with Gasteiger partial charge in [-0.2, -0.15) is 5.10 Å². The molecule has 192 valence electrons. The van der Waals surface area contributed by atoms with Crippen molar-refractivity contribution >= 4 is 29.1 Å². The van der Waals surface area contributed by atoms with Crippen LogP contribution in [0.25, 0.3) is 16.9 Å². The molecule has 1 amide bonds. The summed E-state index contributed by atoms with van der Waals surface area (Å²) in [4.78, 5) is 31.3. The molecule has 0 spiro atoms. The highest BCUT2D eigenvalue weighted by Crippen LogP contribution is 2.28. The maximum atomic E-state index is 13.4. The molecule has 12 heteroatoms. The Morgan fingerprint density at radius 1 is 1.08 bits per heavy atom. The number of carbonyl (C=O) groups is 1. The Labute approximate surface area is 227 Å². The van der Waals surface area contributed by atoms with Crippen LogP contribution in [0.2, 0.25) is 10.2 Å². The van der Waals surface area contributed by atoms with Gasteiger partial charge in [-0.25, -0.2) is 9.67 Å². The Morgan fingerprint density at radius 3 is 2.58 bits per heavy atom. The number of carbonyl (C=O) groups excluding carboxylic acids is 1. The first-order chi connectivity index (χ1) is 18.4. The first-order valence-electron chi connectivity index (χ1n) is 11.6. The highest BCUT2D eigenvalue weighted by Gasteiger charge is 2.23. The van der Waals surface area contributed by atoms with Gasteiger partial charge in [0.15, 0.2) is 5.15 Å². The molecule has 0 aliphatic rings. The van der Waals surface area contributed by atoms with E-state index in [1.54, 1.807) is 36.1 Å². The average Bonchev–Trinajstić information content (AvgIpc) is 3.54. The van der Waals surface area contributed by atoms with Crippen LogP contribution in [0.3, 0.4) is 0 Å². The van der Waals surface area contributed by atoms with Crippen LogP contribution in [0.15, 0.2) is 84.2 Å². The molecular formula is C26H22Cl2N8O2. The van der Waals surface area contributed by atoms with Crippen molar-refractivity contribution in [1.82, 2.24) is 39.6 Å². The van der Waals surface area contributed by atoms with E-state index < -0.39 is 11.6 Å². The van der Waals surface area contributed by atoms with Gasteiger partial charge in [0.05, 0.1) is 36.1 Å². The lowest BCUT2D eigenvalue weighted by molar-refractivity contribution is -0.124. The van der Waals surface area contributed by atoms with Gasteiger partial charge in [0.25, 0.3) is 5.56 Å². The number of benzene rings is 2. The first-order valence-corrected chi connectivity index (χ1v) is 12.4. The Bertz CT molecular complexity index is 1640. The molecule has 10 nitrogen and oxygen atoms in total. The second-order valence-corrected chi connectivity index (χ2v) is 9.39. The fraction of sp³-hybridized carbons (Fsp3) is 0.154. The minimum atomic E-state index is -0.830. The van der Waals surface area contributed by atoms with Crippen LogP contribution in [0.4, 0.5) is 0 Å². The zero-order chi connectivity index (χ0) is 26.6. The van der Waals surface area contributed by atoms with Crippen molar-refractivity contribution in [1.29, 1.82) is 0 Å². The van der Waals surface area contributed by atoms with Gasteiger partial charge in [-0.15, -0.1) is 5.10 Å². The second kappa shape index (κ2) is 11.0. The average molecular weight is 549 g/mol. The smallest absolute Gasteiger partial charge is 0.254 e. The van der Waals surface area contributed by atoms with Gasteiger partial charge in [-0.05, 0) is 29.8 Å². The molecule has 1 N–H and O–H groups in total. The lowest BCUT2D eigenvalue weighted by atomic mass is 10.0. The van der Waals surface area contributed by atoms with E-state index in [1.165, 1.54) is 27.8 Å². The number of hydrogen-bond donors (Lipinski definition) is 1. The third-order valence-corrected chi connectivity index (χ3v) is 6.31. The SMILES string of the molecule is Cn1ccc(CNC(=O)[C@H](Cc2ccccc2)n2cnc(-c3cc(Cl)ccc3-n3cc(Cl)nn3)cc2=O)n1. The number of nitrogens with one attached hydrogen (secondary N) is 1. The Kier molecular flexibility index (Phi) is 7.34. The second-order valence-electron chi connectivity index (χ2n) is 8.57. The van der Waals surface area contributed by atoms with Gasteiger partial charge in [0.2, 0.25) is 5.91 Å². The zero-order valence-electron chi connectivity index (χ0n) is 20.2. The highest BCUT2D eigenvalue weighted by atomic mass is 35.5. The van der Waals surface area contributed by atoms with E-state index >= 15 is 0 Å². The third-order valence-electron chi connectivity index (χ3n) is 5.91. The fourth-order valence-electron chi connectivity index (χ4n) is 4.07. The van der Waals surface area contributed by atoms with E-state index in [-0.39, 0.29) is 17.6 Å². The normalized spacial score (nSPS) is 11.9. The quantitative estimate of drug-likeness (QED) is 0.317. The summed E-state index contributed by atoms with van der Waals surface area (Å²) in [7, 11) is 1.80. The lowest BCUT2D eigenvalue weighted by Crippen LogP contribution is -2.38. The standard InChI is InChI=1S/C26H22Cl2N8O2/c1-34-10-9-19(32-34)14-29-26(38)23(11-17-5-3-2-4-6-17)35-16-30-21(13-25(35)37)20-12-18(27)7-8-22(20)36-15-24(28)31-33-36/h2-10,12-13,15-16,23H,11,14H2,1H3,(H,29,38)/t23-/m0/s1. The van der Waals surface area contributed by atoms with Crippen LogP contribution < -0.4 is 10.9 Å². The van der Waals surface area contributed by atoms with Crippen molar-refractivity contribution in [2.24, 2.45) is 7.05 Å². The molecule has 0 radical (unpaired) electrons. The summed E-state index contributed by atoms with van der Waals surface area (Å²) >= 11 is 12.2. The van der Waals surface area contributed by atoms with Gasteiger partial charge in [0, 0.05) is 36.3 Å². The zero-order valence-corrected chi connectivity index (χ0v) is 21.7. The van der Waals surface area contributed by atoms with Gasteiger partial charge in [-0.3, -0.25) is 18.8 Å². The van der Waals surface area contributed by atoms with Crippen molar-refractivity contribution in [3.8, 4) is 16.9 Å². The van der Waals surface area contributed by atoms with Crippen molar-refractivity contribution < 1.29 is 4.79 Å². The topological polar surface area (TPSA) is 113 Å². The summed E-state index contributed by atoms with van der Waals surface area (Å²) in [6.45, 7) is 0.234. The summed E-state index contributed by atoms with van der Waals surface area (Å²) in [6.07, 6.45) is 5.02. The monoisotopic (exact) mass is 548 g/mol. The van der Waals surface area contributed by atoms with Crippen molar-refractivity contribution in [2.45, 2.75) is 19.0 Å². The molecule has 0 aliphatic carbocycles. The van der Waals surface area contributed by atoms with Gasteiger partial charge >= 0.3 is 0 Å². The van der Waals surface area contributed by atoms with Gasteiger partial charge < -0.3 is 5.32 Å². The van der Waals surface area contributed by atoms with Crippen LogP contribution in [0.1, 0.15) is 17.3 Å². The van der Waals surface area contributed by atoms with Gasteiger partial charge in [-0.1, -0.05) is 58.7 Å². The van der Waals surface area contributed by atoms with Gasteiger partial charge in [0.1, 0.15) is 6.04 Å². The van der Waals surface area contributed by atoms with E-state index in [0.29, 0.717) is 34.1 Å². The summed E-state index contributed by atoms with van der Waals surface area (Å²) in [5.74, 6) is -0.322. The number of aromatic nitrogens is 7. The highest BCUT2D eigenvalue weighted by molar-refractivity contribution is 6.31. The molecule has 0 saturated heterocycles. The Balaban J connectivity index is 1.49. The molecule has 2 aromatic carbocycles. The molecule has 0 unspecified atom stereocenters. The molecule has 3 aromatic heterocycles. The first kappa shape index (κ1) is 25.4. The molecule has 1 atom stereocenters. The molecule has 5 aromatic rings. The van der Waals surface area contributed by atoms with E-state index in [9.17, 15) is 9.59 Å². The fourth-order valence-corrected chi connectivity index (χ4v) is 4.37. The maximum absolute atomic E-state index is 13.4. The minimum Gasteiger partial charge on any atom is -0.349 e. The third kappa shape index (κ3) is 5.66. The van der Waals surface area contributed by atoms with E-state index in [0.717, 1.165) is 5.56 Å². The van der Waals surface area contributed by atoms with Crippen LogP contribution in [-0.2, 0) is 24.8 Å².